The minimum absolute atomic E-state index is 0.0758. The maximum atomic E-state index is 12.9. The number of hydrogen-bond donors (Lipinski definition) is 2. The van der Waals surface area contributed by atoms with Crippen LogP contribution in [0, 0.1) is 0 Å². The SMILES string of the molecule is O=C1CCC(N2Cc3c(cccc3-c3ccc(C(=O)NCC(F)(F)F)cc3)C2=O)C(=O)N1. The predicted molar refractivity (Wildman–Crippen MR) is 106 cm³/mol. The van der Waals surface area contributed by atoms with Gasteiger partial charge in [-0.3, -0.25) is 24.5 Å². The van der Waals surface area contributed by atoms with Crippen molar-refractivity contribution in [2.24, 2.45) is 0 Å². The van der Waals surface area contributed by atoms with Gasteiger partial charge in [-0.15, -0.1) is 0 Å². The first-order valence-corrected chi connectivity index (χ1v) is 9.86. The van der Waals surface area contributed by atoms with Crippen LogP contribution in [0.5, 0.6) is 0 Å². The third-order valence-electron chi connectivity index (χ3n) is 5.49. The fourth-order valence-corrected chi connectivity index (χ4v) is 3.94. The number of fused-ring (bicyclic) bond motifs is 1. The maximum Gasteiger partial charge on any atom is 0.405 e. The summed E-state index contributed by atoms with van der Waals surface area (Å²) in [7, 11) is 0. The van der Waals surface area contributed by atoms with Gasteiger partial charge in [0.25, 0.3) is 11.8 Å². The first kappa shape index (κ1) is 21.5. The predicted octanol–water partition coefficient (Wildman–Crippen LogP) is 2.41. The van der Waals surface area contributed by atoms with Gasteiger partial charge in [0, 0.05) is 24.1 Å². The number of benzene rings is 2. The Bertz CT molecular complexity index is 1110. The lowest BCUT2D eigenvalue weighted by molar-refractivity contribution is -0.137. The summed E-state index contributed by atoms with van der Waals surface area (Å²) >= 11 is 0. The van der Waals surface area contributed by atoms with Crippen molar-refractivity contribution in [2.45, 2.75) is 31.6 Å². The molecule has 0 bridgehead atoms. The molecule has 2 heterocycles. The van der Waals surface area contributed by atoms with Gasteiger partial charge in [0.15, 0.2) is 0 Å². The van der Waals surface area contributed by atoms with Gasteiger partial charge in [0.05, 0.1) is 0 Å². The molecule has 2 aliphatic heterocycles. The Kier molecular flexibility index (Phi) is 5.45. The smallest absolute Gasteiger partial charge is 0.343 e. The Hall–Kier alpha value is -3.69. The van der Waals surface area contributed by atoms with Crippen molar-refractivity contribution in [1.29, 1.82) is 0 Å². The van der Waals surface area contributed by atoms with E-state index in [-0.39, 0.29) is 36.8 Å². The van der Waals surface area contributed by atoms with Gasteiger partial charge in [-0.1, -0.05) is 24.3 Å². The second-order valence-corrected chi connectivity index (χ2v) is 7.61. The van der Waals surface area contributed by atoms with Crippen molar-refractivity contribution in [3.05, 3.63) is 59.2 Å². The lowest BCUT2D eigenvalue weighted by Crippen LogP contribution is -2.52. The molecule has 0 radical (unpaired) electrons. The van der Waals surface area contributed by atoms with Gasteiger partial charge in [-0.2, -0.15) is 13.2 Å². The van der Waals surface area contributed by atoms with Crippen molar-refractivity contribution in [3.8, 4) is 11.1 Å². The highest BCUT2D eigenvalue weighted by Gasteiger charge is 2.39. The fourth-order valence-electron chi connectivity index (χ4n) is 3.94. The Morgan fingerprint density at radius 1 is 1.06 bits per heavy atom. The van der Waals surface area contributed by atoms with Crippen LogP contribution in [0.25, 0.3) is 11.1 Å². The number of rotatable bonds is 4. The van der Waals surface area contributed by atoms with Crippen LogP contribution in [0.1, 0.15) is 39.1 Å². The normalized spacial score (nSPS) is 18.4. The zero-order chi connectivity index (χ0) is 23.0. The van der Waals surface area contributed by atoms with E-state index in [1.54, 1.807) is 30.3 Å². The number of nitrogens with zero attached hydrogens (tertiary/aromatic N) is 1. The lowest BCUT2D eigenvalue weighted by atomic mass is 9.96. The average molecular weight is 445 g/mol. The lowest BCUT2D eigenvalue weighted by Gasteiger charge is -2.29. The molecule has 1 saturated heterocycles. The van der Waals surface area contributed by atoms with Crippen molar-refractivity contribution in [1.82, 2.24) is 15.5 Å². The molecule has 2 aliphatic rings. The average Bonchev–Trinajstić information content (AvgIpc) is 3.08. The summed E-state index contributed by atoms with van der Waals surface area (Å²) in [5.74, 6) is -2.01. The van der Waals surface area contributed by atoms with E-state index in [4.69, 9.17) is 0 Å². The zero-order valence-electron chi connectivity index (χ0n) is 16.7. The van der Waals surface area contributed by atoms with Gasteiger partial charge >= 0.3 is 6.18 Å². The number of hydrogen-bond acceptors (Lipinski definition) is 4. The van der Waals surface area contributed by atoms with Crippen molar-refractivity contribution in [3.63, 3.8) is 0 Å². The standard InChI is InChI=1S/C22H18F3N3O4/c23-22(24,25)11-26-19(30)13-6-4-12(5-7-13)14-2-1-3-15-16(14)10-28(21(15)32)17-8-9-18(29)27-20(17)31/h1-7,17H,8-11H2,(H,26,30)(H,27,29,31). The van der Waals surface area contributed by atoms with E-state index < -0.39 is 30.6 Å². The number of nitrogens with one attached hydrogen (secondary N) is 2. The van der Waals surface area contributed by atoms with Gasteiger partial charge in [0.2, 0.25) is 11.8 Å². The van der Waals surface area contributed by atoms with E-state index >= 15 is 0 Å². The summed E-state index contributed by atoms with van der Waals surface area (Å²) in [6.07, 6.45) is -4.09. The van der Waals surface area contributed by atoms with E-state index in [1.807, 2.05) is 5.32 Å². The third-order valence-corrected chi connectivity index (χ3v) is 5.49. The molecule has 2 aromatic rings. The molecule has 32 heavy (non-hydrogen) atoms. The zero-order valence-corrected chi connectivity index (χ0v) is 16.7. The van der Waals surface area contributed by atoms with Crippen molar-refractivity contribution in [2.75, 3.05) is 6.54 Å². The number of carbonyl (C=O) groups excluding carboxylic acids is 4. The Balaban J connectivity index is 1.55. The summed E-state index contributed by atoms with van der Waals surface area (Å²) in [5.41, 5.74) is 2.61. The van der Waals surface area contributed by atoms with Crippen LogP contribution in [0.15, 0.2) is 42.5 Å². The van der Waals surface area contributed by atoms with E-state index in [2.05, 4.69) is 5.32 Å². The van der Waals surface area contributed by atoms with Crippen LogP contribution in [-0.4, -0.2) is 47.3 Å². The summed E-state index contributed by atoms with van der Waals surface area (Å²) in [4.78, 5) is 49.9. The second kappa shape index (κ2) is 8.10. The Morgan fingerprint density at radius 3 is 2.41 bits per heavy atom. The molecule has 4 amide bonds. The molecule has 1 atom stereocenters. The Labute approximate surface area is 180 Å². The molecule has 7 nitrogen and oxygen atoms in total. The largest absolute Gasteiger partial charge is 0.405 e. The highest BCUT2D eigenvalue weighted by Crippen LogP contribution is 2.34. The van der Waals surface area contributed by atoms with E-state index in [0.717, 1.165) is 0 Å². The van der Waals surface area contributed by atoms with E-state index in [0.29, 0.717) is 22.3 Å². The highest BCUT2D eigenvalue weighted by atomic mass is 19.4. The number of piperidine rings is 1. The first-order chi connectivity index (χ1) is 15.1. The molecule has 0 aliphatic carbocycles. The van der Waals surface area contributed by atoms with Crippen LogP contribution >= 0.6 is 0 Å². The molecule has 10 heteroatoms. The monoisotopic (exact) mass is 445 g/mol. The third kappa shape index (κ3) is 4.20. The summed E-state index contributed by atoms with van der Waals surface area (Å²) in [5, 5.41) is 4.07. The molecule has 4 rings (SSSR count). The van der Waals surface area contributed by atoms with Gasteiger partial charge < -0.3 is 10.2 Å². The van der Waals surface area contributed by atoms with Crippen molar-refractivity contribution < 1.29 is 32.3 Å². The fraction of sp³-hybridized carbons (Fsp3) is 0.273. The van der Waals surface area contributed by atoms with E-state index in [1.165, 1.54) is 17.0 Å². The van der Waals surface area contributed by atoms with Gasteiger partial charge in [-0.25, -0.2) is 0 Å². The second-order valence-electron chi connectivity index (χ2n) is 7.61. The maximum absolute atomic E-state index is 12.9. The topological polar surface area (TPSA) is 95.6 Å². The molecule has 1 unspecified atom stereocenters. The summed E-state index contributed by atoms with van der Waals surface area (Å²) < 4.78 is 36.9. The molecule has 2 N–H and O–H groups in total. The van der Waals surface area contributed by atoms with Crippen LogP contribution < -0.4 is 10.6 Å². The molecule has 2 aromatic carbocycles. The molecule has 0 spiro atoms. The minimum atomic E-state index is -4.50. The van der Waals surface area contributed by atoms with Gasteiger partial charge in [-0.05, 0) is 41.3 Å². The molecular formula is C22H18F3N3O4. The number of imide groups is 1. The minimum Gasteiger partial charge on any atom is -0.343 e. The highest BCUT2D eigenvalue weighted by molar-refractivity contribution is 6.06. The number of carbonyl (C=O) groups is 4. The summed E-state index contributed by atoms with van der Waals surface area (Å²) in [6.45, 7) is -1.23. The van der Waals surface area contributed by atoms with Crippen LogP contribution in [0.3, 0.4) is 0 Å². The molecular weight excluding hydrogens is 427 g/mol. The first-order valence-electron chi connectivity index (χ1n) is 9.86. The Morgan fingerprint density at radius 2 is 1.75 bits per heavy atom. The number of amides is 4. The van der Waals surface area contributed by atoms with Crippen LogP contribution in [0.2, 0.25) is 0 Å². The molecule has 1 fully saturated rings. The number of alkyl halides is 3. The summed E-state index contributed by atoms with van der Waals surface area (Å²) in [6, 6.07) is 10.4. The molecule has 0 saturated carbocycles. The van der Waals surface area contributed by atoms with Crippen LogP contribution in [-0.2, 0) is 16.1 Å². The van der Waals surface area contributed by atoms with Crippen LogP contribution in [0.4, 0.5) is 13.2 Å². The van der Waals surface area contributed by atoms with Crippen molar-refractivity contribution >= 4 is 23.6 Å². The van der Waals surface area contributed by atoms with Gasteiger partial charge in [0.1, 0.15) is 12.6 Å². The molecule has 166 valence electrons. The number of halogens is 3. The molecule has 0 aromatic heterocycles. The quantitative estimate of drug-likeness (QED) is 0.707. The van der Waals surface area contributed by atoms with E-state index in [9.17, 15) is 32.3 Å².